The molecule has 0 spiro atoms. The number of nitrogens with zero attached hydrogens (tertiary/aromatic N) is 4. The van der Waals surface area contributed by atoms with Gasteiger partial charge in [-0.05, 0) is 12.1 Å². The van der Waals surface area contributed by atoms with E-state index >= 15 is 0 Å². The zero-order valence-electron chi connectivity index (χ0n) is 12.2. The van der Waals surface area contributed by atoms with E-state index < -0.39 is 11.9 Å². The summed E-state index contributed by atoms with van der Waals surface area (Å²) in [5.41, 5.74) is -0.787. The first-order chi connectivity index (χ1) is 11.0. The number of rotatable bonds is 2. The maximum absolute atomic E-state index is 12.7. The van der Waals surface area contributed by atoms with E-state index in [4.69, 9.17) is 0 Å². The Balaban J connectivity index is 1.43. The number of pyridine rings is 1. The van der Waals surface area contributed by atoms with Crippen LogP contribution in [-0.2, 0) is 6.18 Å². The van der Waals surface area contributed by atoms with Gasteiger partial charge in [-0.1, -0.05) is 6.07 Å². The Hall–Kier alpha value is -1.83. The molecule has 2 aromatic heterocycles. The average Bonchev–Trinajstić information content (AvgIpc) is 3.21. The Bertz CT molecular complexity index is 674. The molecule has 4 nitrogen and oxygen atoms in total. The molecule has 0 amide bonds. The number of fused-ring (bicyclic) bond motifs is 1. The van der Waals surface area contributed by atoms with Crippen LogP contribution in [0.25, 0.3) is 0 Å². The quantitative estimate of drug-likeness (QED) is 0.841. The van der Waals surface area contributed by atoms with Crippen molar-refractivity contribution in [3.63, 3.8) is 0 Å². The molecule has 0 aliphatic carbocycles. The van der Waals surface area contributed by atoms with Crippen molar-refractivity contribution in [2.45, 2.75) is 6.18 Å². The van der Waals surface area contributed by atoms with Crippen molar-refractivity contribution in [3.05, 3.63) is 35.5 Å². The first-order valence-corrected chi connectivity index (χ1v) is 8.32. The van der Waals surface area contributed by atoms with Crippen LogP contribution in [0.1, 0.15) is 5.69 Å². The number of aromatic nitrogens is 2. The van der Waals surface area contributed by atoms with Gasteiger partial charge in [0, 0.05) is 49.6 Å². The van der Waals surface area contributed by atoms with E-state index in [1.807, 2.05) is 23.1 Å². The van der Waals surface area contributed by atoms with Crippen LogP contribution in [0.5, 0.6) is 0 Å². The fraction of sp³-hybridized carbons (Fsp3) is 0.467. The fourth-order valence-electron chi connectivity index (χ4n) is 3.42. The first-order valence-electron chi connectivity index (χ1n) is 7.44. The van der Waals surface area contributed by atoms with Gasteiger partial charge in [-0.25, -0.2) is 9.97 Å². The number of alkyl halides is 3. The summed E-state index contributed by atoms with van der Waals surface area (Å²) in [7, 11) is 0. The highest BCUT2D eigenvalue weighted by atomic mass is 32.1. The van der Waals surface area contributed by atoms with Gasteiger partial charge in [0.05, 0.1) is 0 Å². The minimum absolute atomic E-state index is 0.454. The van der Waals surface area contributed by atoms with E-state index in [0.29, 0.717) is 17.0 Å². The summed E-state index contributed by atoms with van der Waals surface area (Å²) in [6, 6.07) is 5.86. The van der Waals surface area contributed by atoms with Gasteiger partial charge in [0.25, 0.3) is 0 Å². The van der Waals surface area contributed by atoms with Crippen molar-refractivity contribution >= 4 is 22.3 Å². The lowest BCUT2D eigenvalue weighted by Crippen LogP contribution is -2.29. The molecule has 0 radical (unpaired) electrons. The Morgan fingerprint density at radius 3 is 2.30 bits per heavy atom. The number of halogens is 3. The van der Waals surface area contributed by atoms with Crippen LogP contribution >= 0.6 is 11.3 Å². The molecule has 2 aromatic rings. The van der Waals surface area contributed by atoms with Gasteiger partial charge >= 0.3 is 6.18 Å². The predicted molar refractivity (Wildman–Crippen MR) is 82.8 cm³/mol. The average molecular weight is 340 g/mol. The van der Waals surface area contributed by atoms with Gasteiger partial charge in [-0.3, -0.25) is 0 Å². The van der Waals surface area contributed by atoms with Gasteiger partial charge < -0.3 is 9.80 Å². The standard InChI is InChI=1S/C15H15F3N4S/c16-15(17,18)12-9-23-14(20-12)22-7-10-5-21(6-11(10)8-22)13-3-1-2-4-19-13/h1-4,9-11H,5-8H2. The molecule has 2 unspecified atom stereocenters. The molecule has 0 aromatic carbocycles. The SMILES string of the molecule is FC(F)(F)c1csc(N2CC3CN(c4ccccn4)CC3C2)n1. The van der Waals surface area contributed by atoms with Gasteiger partial charge in [-0.2, -0.15) is 13.2 Å². The molecule has 2 atom stereocenters. The van der Waals surface area contributed by atoms with E-state index in [0.717, 1.165) is 48.7 Å². The van der Waals surface area contributed by atoms with Crippen LogP contribution in [-0.4, -0.2) is 36.1 Å². The van der Waals surface area contributed by atoms with Crippen molar-refractivity contribution in [2.24, 2.45) is 11.8 Å². The van der Waals surface area contributed by atoms with Crippen molar-refractivity contribution < 1.29 is 13.2 Å². The lowest BCUT2D eigenvalue weighted by molar-refractivity contribution is -0.140. The summed E-state index contributed by atoms with van der Waals surface area (Å²) >= 11 is 1.08. The minimum atomic E-state index is -4.36. The van der Waals surface area contributed by atoms with Crippen LogP contribution in [0, 0.1) is 11.8 Å². The van der Waals surface area contributed by atoms with Crippen LogP contribution in [0.2, 0.25) is 0 Å². The van der Waals surface area contributed by atoms with Gasteiger partial charge in [0.1, 0.15) is 5.82 Å². The van der Waals surface area contributed by atoms with Crippen LogP contribution in [0.4, 0.5) is 24.1 Å². The van der Waals surface area contributed by atoms with E-state index in [1.165, 1.54) is 0 Å². The molecule has 8 heteroatoms. The monoisotopic (exact) mass is 340 g/mol. The van der Waals surface area contributed by atoms with Crippen LogP contribution < -0.4 is 9.80 Å². The molecule has 0 N–H and O–H groups in total. The third-order valence-electron chi connectivity index (χ3n) is 4.51. The Kier molecular flexibility index (Phi) is 3.44. The Labute approximate surface area is 135 Å². The summed E-state index contributed by atoms with van der Waals surface area (Å²) in [6.07, 6.45) is -2.58. The third kappa shape index (κ3) is 2.75. The number of hydrogen-bond donors (Lipinski definition) is 0. The van der Waals surface area contributed by atoms with Gasteiger partial charge in [0.15, 0.2) is 10.8 Å². The van der Waals surface area contributed by atoms with E-state index in [9.17, 15) is 13.2 Å². The second kappa shape index (κ2) is 5.36. The Morgan fingerprint density at radius 2 is 1.74 bits per heavy atom. The first kappa shape index (κ1) is 14.7. The maximum atomic E-state index is 12.7. The molecule has 23 heavy (non-hydrogen) atoms. The smallest absolute Gasteiger partial charge is 0.356 e. The Morgan fingerprint density at radius 1 is 1.04 bits per heavy atom. The van der Waals surface area contributed by atoms with E-state index in [2.05, 4.69) is 14.9 Å². The van der Waals surface area contributed by atoms with Gasteiger partial charge in [-0.15, -0.1) is 11.3 Å². The summed E-state index contributed by atoms with van der Waals surface area (Å²) < 4.78 is 38.0. The molecule has 0 saturated carbocycles. The lowest BCUT2D eigenvalue weighted by atomic mass is 10.0. The number of thiazole rings is 1. The lowest BCUT2D eigenvalue weighted by Gasteiger charge is -2.21. The maximum Gasteiger partial charge on any atom is 0.434 e. The van der Waals surface area contributed by atoms with Crippen LogP contribution in [0.15, 0.2) is 29.8 Å². The highest BCUT2D eigenvalue weighted by Crippen LogP contribution is 2.38. The molecule has 0 bridgehead atoms. The van der Waals surface area contributed by atoms with Crippen LogP contribution in [0.3, 0.4) is 0 Å². The van der Waals surface area contributed by atoms with Gasteiger partial charge in [0.2, 0.25) is 0 Å². The van der Waals surface area contributed by atoms with Crippen molar-refractivity contribution in [1.29, 1.82) is 0 Å². The molecule has 2 fully saturated rings. The molecule has 2 aliphatic rings. The van der Waals surface area contributed by atoms with E-state index in [1.54, 1.807) is 6.20 Å². The second-order valence-electron chi connectivity index (χ2n) is 6.03. The van der Waals surface area contributed by atoms with Crippen molar-refractivity contribution in [1.82, 2.24) is 9.97 Å². The molecule has 122 valence electrons. The fourth-order valence-corrected chi connectivity index (χ4v) is 4.27. The summed E-state index contributed by atoms with van der Waals surface area (Å²) in [6.45, 7) is 3.32. The zero-order valence-corrected chi connectivity index (χ0v) is 13.0. The normalized spacial score (nSPS) is 24.3. The highest BCUT2D eigenvalue weighted by Gasteiger charge is 2.42. The zero-order chi connectivity index (χ0) is 16.0. The molecule has 2 saturated heterocycles. The summed E-state index contributed by atoms with van der Waals surface area (Å²) in [5, 5.41) is 1.58. The summed E-state index contributed by atoms with van der Waals surface area (Å²) in [4.78, 5) is 12.4. The molecular weight excluding hydrogens is 325 g/mol. The minimum Gasteiger partial charge on any atom is -0.356 e. The predicted octanol–water partition coefficient (Wildman–Crippen LogP) is 3.13. The molecule has 4 heterocycles. The van der Waals surface area contributed by atoms with Crippen molar-refractivity contribution in [2.75, 3.05) is 36.0 Å². The molecular formula is C15H15F3N4S. The highest BCUT2D eigenvalue weighted by molar-refractivity contribution is 7.13. The number of anilines is 2. The summed E-state index contributed by atoms with van der Waals surface area (Å²) in [5.74, 6) is 1.88. The molecule has 2 aliphatic heterocycles. The molecule has 4 rings (SSSR count). The van der Waals surface area contributed by atoms with E-state index in [-0.39, 0.29) is 0 Å². The second-order valence-corrected chi connectivity index (χ2v) is 6.87. The largest absolute Gasteiger partial charge is 0.434 e. The van der Waals surface area contributed by atoms with Crippen molar-refractivity contribution in [3.8, 4) is 0 Å². The third-order valence-corrected chi connectivity index (χ3v) is 5.41. The number of hydrogen-bond acceptors (Lipinski definition) is 5. The topological polar surface area (TPSA) is 32.3 Å².